The fourth-order valence-corrected chi connectivity index (χ4v) is 3.17. The van der Waals surface area contributed by atoms with Crippen LogP contribution in [0, 0.1) is 0 Å². The zero-order valence-electron chi connectivity index (χ0n) is 11.2. The number of fused-ring (bicyclic) bond motifs is 1. The van der Waals surface area contributed by atoms with E-state index in [0.29, 0.717) is 27.5 Å². The lowest BCUT2D eigenvalue weighted by Crippen LogP contribution is -2.13. The van der Waals surface area contributed by atoms with Crippen LogP contribution >= 0.6 is 23.4 Å². The van der Waals surface area contributed by atoms with Gasteiger partial charge in [0.15, 0.2) is 0 Å². The summed E-state index contributed by atoms with van der Waals surface area (Å²) in [5.74, 6) is 0.582. The van der Waals surface area contributed by atoms with Gasteiger partial charge in [0.05, 0.1) is 0 Å². The minimum absolute atomic E-state index is 0.0981. The number of ether oxygens (including phenoxy) is 1. The van der Waals surface area contributed by atoms with E-state index in [1.165, 1.54) is 0 Å². The lowest BCUT2D eigenvalue weighted by molar-refractivity contribution is -0.0323. The molecule has 6 heteroatoms. The molecule has 1 nitrogen and oxygen atoms in total. The predicted octanol–water partition coefficient (Wildman–Crippen LogP) is 5.74. The van der Waals surface area contributed by atoms with Crippen LogP contribution in [0.25, 0.3) is 5.57 Å². The van der Waals surface area contributed by atoms with Crippen LogP contribution in [-0.2, 0) is 0 Å². The molecule has 1 heterocycles. The third-order valence-corrected chi connectivity index (χ3v) is 4.22. The normalized spacial score (nSPS) is 14.5. The van der Waals surface area contributed by atoms with Gasteiger partial charge in [-0.1, -0.05) is 41.9 Å². The van der Waals surface area contributed by atoms with Gasteiger partial charge in [-0.05, 0) is 35.5 Å². The van der Waals surface area contributed by atoms with E-state index in [9.17, 15) is 13.2 Å². The van der Waals surface area contributed by atoms with Crippen LogP contribution in [-0.4, -0.2) is 12.1 Å². The molecule has 0 bridgehead atoms. The summed E-state index contributed by atoms with van der Waals surface area (Å²) in [5.41, 5.74) is -2.47. The molecule has 22 heavy (non-hydrogen) atoms. The summed E-state index contributed by atoms with van der Waals surface area (Å²) in [5, 5.41) is 0.537. The van der Waals surface area contributed by atoms with Crippen molar-refractivity contribution in [2.75, 3.05) is 6.61 Å². The summed E-state index contributed by atoms with van der Waals surface area (Å²) in [7, 11) is 0. The quantitative estimate of drug-likeness (QED) is 0.687. The smallest absolute Gasteiger partial charge is 0.446 e. The van der Waals surface area contributed by atoms with Gasteiger partial charge in [-0.3, -0.25) is 0 Å². The van der Waals surface area contributed by atoms with Gasteiger partial charge >= 0.3 is 5.51 Å². The van der Waals surface area contributed by atoms with E-state index >= 15 is 0 Å². The highest BCUT2D eigenvalue weighted by Gasteiger charge is 2.34. The summed E-state index contributed by atoms with van der Waals surface area (Å²) >= 11 is 5.74. The molecule has 1 aliphatic heterocycles. The van der Waals surface area contributed by atoms with Crippen LogP contribution in [0.3, 0.4) is 0 Å². The number of hydrogen-bond acceptors (Lipinski definition) is 2. The molecule has 0 aliphatic carbocycles. The summed E-state index contributed by atoms with van der Waals surface area (Å²) in [6, 6.07) is 13.8. The van der Waals surface area contributed by atoms with Crippen LogP contribution in [0.15, 0.2) is 53.4 Å². The Hall–Kier alpha value is -1.59. The van der Waals surface area contributed by atoms with Gasteiger partial charge in [0.1, 0.15) is 12.4 Å². The molecule has 0 radical (unpaired) electrons. The molecule has 0 spiro atoms. The number of alkyl halides is 3. The predicted molar refractivity (Wildman–Crippen MR) is 83.1 cm³/mol. The van der Waals surface area contributed by atoms with Crippen LogP contribution < -0.4 is 4.74 Å². The second kappa shape index (κ2) is 5.89. The molecule has 0 saturated carbocycles. The van der Waals surface area contributed by atoms with Gasteiger partial charge in [-0.15, -0.1) is 0 Å². The van der Waals surface area contributed by atoms with Crippen LogP contribution in [0.4, 0.5) is 13.2 Å². The molecule has 0 fully saturated rings. The molecule has 0 atom stereocenters. The van der Waals surface area contributed by atoms with E-state index < -0.39 is 5.51 Å². The third kappa shape index (κ3) is 3.25. The second-order valence-electron chi connectivity index (χ2n) is 4.64. The molecule has 2 aromatic rings. The number of rotatable bonds is 2. The summed E-state index contributed by atoms with van der Waals surface area (Å²) in [4.78, 5) is 0.147. The van der Waals surface area contributed by atoms with Gasteiger partial charge in [-0.25, -0.2) is 0 Å². The average molecular weight is 343 g/mol. The van der Waals surface area contributed by atoms with Crippen molar-refractivity contribution in [1.82, 2.24) is 0 Å². The van der Waals surface area contributed by atoms with Gasteiger partial charge in [0, 0.05) is 21.1 Å². The second-order valence-corrected chi connectivity index (χ2v) is 6.23. The minimum Gasteiger partial charge on any atom is -0.488 e. The van der Waals surface area contributed by atoms with Crippen LogP contribution in [0.2, 0.25) is 5.02 Å². The molecule has 0 unspecified atom stereocenters. The number of hydrogen-bond donors (Lipinski definition) is 0. The van der Waals surface area contributed by atoms with Crippen LogP contribution in [0.1, 0.15) is 11.1 Å². The molecule has 0 amide bonds. The van der Waals surface area contributed by atoms with Crippen molar-refractivity contribution < 1.29 is 17.9 Å². The minimum atomic E-state index is -4.36. The highest BCUT2D eigenvalue weighted by atomic mass is 35.5. The molecule has 0 N–H and O–H groups in total. The van der Waals surface area contributed by atoms with Gasteiger partial charge in [0.25, 0.3) is 0 Å². The van der Waals surface area contributed by atoms with E-state index in [2.05, 4.69) is 0 Å². The third-order valence-electron chi connectivity index (χ3n) is 3.17. The summed E-state index contributed by atoms with van der Waals surface area (Å²) in [6.07, 6.45) is 0. The van der Waals surface area contributed by atoms with Crippen molar-refractivity contribution in [3.05, 3.63) is 69.6 Å². The van der Waals surface area contributed by atoms with E-state index in [4.69, 9.17) is 16.3 Å². The Morgan fingerprint density at radius 3 is 2.36 bits per heavy atom. The molecular weight excluding hydrogens is 333 g/mol. The number of para-hydroxylation sites is 1. The zero-order valence-corrected chi connectivity index (χ0v) is 12.7. The molecule has 114 valence electrons. The molecule has 2 aromatic carbocycles. The first-order chi connectivity index (χ1) is 10.4. The van der Waals surface area contributed by atoms with Crippen molar-refractivity contribution in [2.24, 2.45) is 0 Å². The fourth-order valence-electron chi connectivity index (χ4n) is 2.32. The van der Waals surface area contributed by atoms with Gasteiger partial charge < -0.3 is 4.74 Å². The molecule has 1 aliphatic rings. The van der Waals surface area contributed by atoms with Crippen molar-refractivity contribution in [2.45, 2.75) is 5.51 Å². The van der Waals surface area contributed by atoms with Crippen molar-refractivity contribution in [3.63, 3.8) is 0 Å². The van der Waals surface area contributed by atoms with Crippen molar-refractivity contribution >= 4 is 28.9 Å². The largest absolute Gasteiger partial charge is 0.488 e. The maximum Gasteiger partial charge on any atom is 0.446 e. The molecule has 0 saturated heterocycles. The number of thioether (sulfide) groups is 1. The van der Waals surface area contributed by atoms with Gasteiger partial charge in [-0.2, -0.15) is 13.2 Å². The fraction of sp³-hybridized carbons (Fsp3) is 0.125. The molecule has 3 rings (SSSR count). The first kappa shape index (κ1) is 15.3. The Kier molecular flexibility index (Phi) is 4.10. The maximum absolute atomic E-state index is 12.8. The maximum atomic E-state index is 12.8. The van der Waals surface area contributed by atoms with Crippen molar-refractivity contribution in [1.29, 1.82) is 0 Å². The van der Waals surface area contributed by atoms with E-state index in [1.54, 1.807) is 48.5 Å². The highest BCUT2D eigenvalue weighted by molar-refractivity contribution is 8.04. The monoisotopic (exact) mass is 342 g/mol. The first-order valence-electron chi connectivity index (χ1n) is 6.41. The topological polar surface area (TPSA) is 9.23 Å². The molecule has 0 aromatic heterocycles. The average Bonchev–Trinajstić information content (AvgIpc) is 2.47. The van der Waals surface area contributed by atoms with Crippen molar-refractivity contribution in [3.8, 4) is 5.75 Å². The van der Waals surface area contributed by atoms with E-state index in [1.807, 2.05) is 0 Å². The standard InChI is InChI=1S/C16H10ClF3OS/c17-11-7-5-10(6-8-11)15-12-3-1-2-4-13(12)21-9-14(15)22-16(18,19)20/h1-8H,9H2. The SMILES string of the molecule is FC(F)(F)SC1=C(c2ccc(Cl)cc2)c2ccccc2OC1. The van der Waals surface area contributed by atoms with Gasteiger partial charge in [0.2, 0.25) is 0 Å². The number of halogens is 4. The Bertz CT molecular complexity index is 723. The summed E-state index contributed by atoms with van der Waals surface area (Å²) in [6.45, 7) is -0.0981. The first-order valence-corrected chi connectivity index (χ1v) is 7.60. The summed E-state index contributed by atoms with van der Waals surface area (Å²) < 4.78 is 43.9. The molecular formula is C16H10ClF3OS. The Morgan fingerprint density at radius 1 is 1.00 bits per heavy atom. The Balaban J connectivity index is 2.16. The lowest BCUT2D eigenvalue weighted by Gasteiger charge is -2.24. The lowest BCUT2D eigenvalue weighted by atomic mass is 9.95. The zero-order chi connectivity index (χ0) is 15.7. The van der Waals surface area contributed by atoms with Crippen LogP contribution in [0.5, 0.6) is 5.75 Å². The van der Waals surface area contributed by atoms with E-state index in [0.717, 1.165) is 0 Å². The van der Waals surface area contributed by atoms with E-state index in [-0.39, 0.29) is 23.3 Å². The Morgan fingerprint density at radius 2 is 1.68 bits per heavy atom. The number of benzene rings is 2. The highest BCUT2D eigenvalue weighted by Crippen LogP contribution is 2.46. The Labute approximate surface area is 134 Å².